The molecule has 1 heterocycles. The van der Waals surface area contributed by atoms with Crippen LogP contribution in [0.1, 0.15) is 50.7 Å². The molecule has 0 saturated carbocycles. The lowest BCUT2D eigenvalue weighted by atomic mass is 9.92. The predicted molar refractivity (Wildman–Crippen MR) is 110 cm³/mol. The summed E-state index contributed by atoms with van der Waals surface area (Å²) in [7, 11) is 4.01. The van der Waals surface area contributed by atoms with Gasteiger partial charge < -0.3 is 10.2 Å². The number of likely N-dealkylation sites (N-methyl/N-ethyl adjacent to an activating group) is 1. The Morgan fingerprint density at radius 1 is 1.19 bits per heavy atom. The SMILES string of the molecule is CC(C)c1cccc(C(C)C)c1NC(=O)CSc1nnnn1CCN(C)C. The lowest BCUT2D eigenvalue weighted by Gasteiger charge is -2.20. The van der Waals surface area contributed by atoms with Gasteiger partial charge in [0.15, 0.2) is 0 Å². The number of para-hydroxylation sites is 1. The largest absolute Gasteiger partial charge is 0.325 e. The normalized spacial score (nSPS) is 11.6. The third-order valence-electron chi connectivity index (χ3n) is 4.23. The Kier molecular flexibility index (Phi) is 7.79. The summed E-state index contributed by atoms with van der Waals surface area (Å²) in [5, 5.41) is 15.5. The molecule has 2 aromatic rings. The van der Waals surface area contributed by atoms with Gasteiger partial charge in [-0.05, 0) is 47.5 Å². The fraction of sp³-hybridized carbons (Fsp3) is 0.579. The number of thioether (sulfide) groups is 1. The smallest absolute Gasteiger partial charge is 0.234 e. The van der Waals surface area contributed by atoms with Crippen LogP contribution in [0, 0.1) is 0 Å². The van der Waals surface area contributed by atoms with Gasteiger partial charge in [-0.25, -0.2) is 4.68 Å². The average molecular weight is 391 g/mol. The van der Waals surface area contributed by atoms with Crippen LogP contribution in [0.4, 0.5) is 5.69 Å². The molecule has 1 aromatic heterocycles. The molecule has 0 saturated heterocycles. The molecular formula is C19H30N6OS. The second-order valence-corrected chi connectivity index (χ2v) is 8.39. The highest BCUT2D eigenvalue weighted by atomic mass is 32.2. The van der Waals surface area contributed by atoms with E-state index in [-0.39, 0.29) is 11.7 Å². The summed E-state index contributed by atoms with van der Waals surface area (Å²) in [5.74, 6) is 0.902. The Morgan fingerprint density at radius 3 is 2.37 bits per heavy atom. The molecule has 0 aliphatic rings. The molecule has 1 N–H and O–H groups in total. The summed E-state index contributed by atoms with van der Waals surface area (Å²) >= 11 is 1.36. The van der Waals surface area contributed by atoms with E-state index < -0.39 is 0 Å². The maximum Gasteiger partial charge on any atom is 0.234 e. The second kappa shape index (κ2) is 9.85. The highest BCUT2D eigenvalue weighted by Gasteiger charge is 2.17. The van der Waals surface area contributed by atoms with Crippen LogP contribution in [-0.4, -0.2) is 57.4 Å². The topological polar surface area (TPSA) is 75.9 Å². The minimum Gasteiger partial charge on any atom is -0.325 e. The van der Waals surface area contributed by atoms with Crippen LogP contribution in [0.2, 0.25) is 0 Å². The first-order valence-electron chi connectivity index (χ1n) is 9.26. The molecule has 7 nitrogen and oxygen atoms in total. The fourth-order valence-electron chi connectivity index (χ4n) is 2.74. The van der Waals surface area contributed by atoms with E-state index in [2.05, 4.69) is 71.6 Å². The number of amides is 1. The van der Waals surface area contributed by atoms with E-state index in [1.54, 1.807) is 4.68 Å². The minimum absolute atomic E-state index is 0.0443. The maximum absolute atomic E-state index is 12.6. The van der Waals surface area contributed by atoms with Gasteiger partial charge in [-0.3, -0.25) is 4.79 Å². The predicted octanol–water partition coefficient (Wildman–Crippen LogP) is 3.21. The van der Waals surface area contributed by atoms with Gasteiger partial charge in [0.05, 0.1) is 12.3 Å². The Bertz CT molecular complexity index is 730. The number of rotatable bonds is 9. The van der Waals surface area contributed by atoms with Gasteiger partial charge in [-0.1, -0.05) is 57.7 Å². The van der Waals surface area contributed by atoms with Crippen molar-refractivity contribution >= 4 is 23.4 Å². The van der Waals surface area contributed by atoms with Crippen molar-refractivity contribution in [3.63, 3.8) is 0 Å². The van der Waals surface area contributed by atoms with Gasteiger partial charge in [0.25, 0.3) is 0 Å². The van der Waals surface area contributed by atoms with Crippen LogP contribution in [0.5, 0.6) is 0 Å². The zero-order valence-corrected chi connectivity index (χ0v) is 17.9. The average Bonchev–Trinajstić information content (AvgIpc) is 3.05. The number of nitrogens with zero attached hydrogens (tertiary/aromatic N) is 5. The third kappa shape index (κ3) is 6.04. The Hall–Kier alpha value is -1.93. The van der Waals surface area contributed by atoms with Crippen LogP contribution < -0.4 is 5.32 Å². The molecule has 148 valence electrons. The molecule has 0 radical (unpaired) electrons. The van der Waals surface area contributed by atoms with Crippen molar-refractivity contribution in [2.24, 2.45) is 0 Å². The summed E-state index contributed by atoms with van der Waals surface area (Å²) < 4.78 is 1.74. The van der Waals surface area contributed by atoms with Crippen molar-refractivity contribution in [2.45, 2.75) is 51.2 Å². The number of hydrogen-bond donors (Lipinski definition) is 1. The molecule has 8 heteroatoms. The third-order valence-corrected chi connectivity index (χ3v) is 5.18. The summed E-state index contributed by atoms with van der Waals surface area (Å²) in [6.07, 6.45) is 0. The lowest BCUT2D eigenvalue weighted by Crippen LogP contribution is -2.20. The molecule has 0 aliphatic carbocycles. The molecule has 0 atom stereocenters. The highest BCUT2D eigenvalue weighted by molar-refractivity contribution is 7.99. The van der Waals surface area contributed by atoms with Crippen LogP contribution in [0.3, 0.4) is 0 Å². The second-order valence-electron chi connectivity index (χ2n) is 7.45. The number of aromatic nitrogens is 4. The first-order valence-corrected chi connectivity index (χ1v) is 10.2. The summed E-state index contributed by atoms with van der Waals surface area (Å²) in [4.78, 5) is 14.7. The zero-order chi connectivity index (χ0) is 20.0. The Balaban J connectivity index is 2.06. The molecule has 2 rings (SSSR count). The summed E-state index contributed by atoms with van der Waals surface area (Å²) in [6, 6.07) is 6.23. The van der Waals surface area contributed by atoms with Crippen LogP contribution in [0.25, 0.3) is 0 Å². The molecule has 0 spiro atoms. The van der Waals surface area contributed by atoms with E-state index in [0.29, 0.717) is 23.5 Å². The number of nitrogens with one attached hydrogen (secondary N) is 1. The van der Waals surface area contributed by atoms with Gasteiger partial charge in [-0.2, -0.15) is 0 Å². The number of anilines is 1. The molecule has 0 aliphatic heterocycles. The van der Waals surface area contributed by atoms with Gasteiger partial charge in [-0.15, -0.1) is 5.10 Å². The first kappa shape index (κ1) is 21.4. The van der Waals surface area contributed by atoms with E-state index >= 15 is 0 Å². The van der Waals surface area contributed by atoms with Gasteiger partial charge in [0.2, 0.25) is 11.1 Å². The molecule has 0 bridgehead atoms. The van der Waals surface area contributed by atoms with E-state index in [9.17, 15) is 4.79 Å². The van der Waals surface area contributed by atoms with Gasteiger partial charge in [0, 0.05) is 12.2 Å². The molecular weight excluding hydrogens is 360 g/mol. The first-order chi connectivity index (χ1) is 12.8. The number of benzene rings is 1. The quantitative estimate of drug-likeness (QED) is 0.663. The van der Waals surface area contributed by atoms with Crippen LogP contribution in [-0.2, 0) is 11.3 Å². The molecule has 0 unspecified atom stereocenters. The standard InChI is InChI=1S/C19H30N6OS/c1-13(2)15-8-7-9-16(14(3)4)18(15)20-17(26)12-27-19-21-22-23-25(19)11-10-24(5)6/h7-9,13-14H,10-12H2,1-6H3,(H,20,26). The summed E-state index contributed by atoms with van der Waals surface area (Å²) in [6.45, 7) is 10.1. The van der Waals surface area contributed by atoms with Crippen molar-refractivity contribution in [1.82, 2.24) is 25.1 Å². The van der Waals surface area contributed by atoms with Crippen LogP contribution in [0.15, 0.2) is 23.4 Å². The fourth-order valence-corrected chi connectivity index (χ4v) is 3.44. The van der Waals surface area contributed by atoms with Crippen LogP contribution >= 0.6 is 11.8 Å². The minimum atomic E-state index is -0.0443. The van der Waals surface area contributed by atoms with Gasteiger partial charge in [0.1, 0.15) is 0 Å². The van der Waals surface area contributed by atoms with Crippen molar-refractivity contribution in [3.8, 4) is 0 Å². The Labute approximate surface area is 165 Å². The molecule has 27 heavy (non-hydrogen) atoms. The number of carbonyl (C=O) groups is 1. The van der Waals surface area contributed by atoms with E-state index in [1.807, 2.05) is 14.1 Å². The lowest BCUT2D eigenvalue weighted by molar-refractivity contribution is -0.113. The summed E-state index contributed by atoms with van der Waals surface area (Å²) in [5.41, 5.74) is 3.27. The molecule has 0 fully saturated rings. The number of carbonyl (C=O) groups excluding carboxylic acids is 1. The molecule has 1 amide bonds. The van der Waals surface area contributed by atoms with E-state index in [4.69, 9.17) is 0 Å². The monoisotopic (exact) mass is 390 g/mol. The van der Waals surface area contributed by atoms with Crippen molar-refractivity contribution in [3.05, 3.63) is 29.3 Å². The number of tetrazole rings is 1. The van der Waals surface area contributed by atoms with Crippen molar-refractivity contribution in [1.29, 1.82) is 0 Å². The van der Waals surface area contributed by atoms with E-state index in [0.717, 1.165) is 23.4 Å². The highest BCUT2D eigenvalue weighted by Crippen LogP contribution is 2.32. The van der Waals surface area contributed by atoms with E-state index in [1.165, 1.54) is 11.8 Å². The molecule has 1 aromatic carbocycles. The Morgan fingerprint density at radius 2 is 1.81 bits per heavy atom. The number of hydrogen-bond acceptors (Lipinski definition) is 6. The van der Waals surface area contributed by atoms with Gasteiger partial charge >= 0.3 is 0 Å². The zero-order valence-electron chi connectivity index (χ0n) is 17.1. The van der Waals surface area contributed by atoms with Crippen molar-refractivity contribution in [2.75, 3.05) is 31.7 Å². The maximum atomic E-state index is 12.6. The van der Waals surface area contributed by atoms with Crippen molar-refractivity contribution < 1.29 is 4.79 Å².